The smallest absolute Gasteiger partial charge is 0.237 e. The molecule has 0 bridgehead atoms. The van der Waals surface area contributed by atoms with E-state index in [1.54, 1.807) is 24.5 Å². The van der Waals surface area contributed by atoms with Crippen LogP contribution in [0.1, 0.15) is 58.7 Å². The Morgan fingerprint density at radius 1 is 1.23 bits per heavy atom. The van der Waals surface area contributed by atoms with Crippen molar-refractivity contribution >= 4 is 22.9 Å². The molecule has 0 radical (unpaired) electrons. The number of aromatic nitrogens is 4. The number of aliphatic hydroxyl groups excluding tert-OH is 1. The monoisotopic (exact) mass is 550 g/mol. The summed E-state index contributed by atoms with van der Waals surface area (Å²) in [5, 5.41) is 29.6. The van der Waals surface area contributed by atoms with E-state index in [1.807, 2.05) is 40.2 Å². The third kappa shape index (κ3) is 7.17. The number of H-pyrrole nitrogens is 1. The van der Waals surface area contributed by atoms with Crippen molar-refractivity contribution in [2.75, 3.05) is 45.7 Å². The molecule has 3 rings (SSSR count). The molecule has 1 saturated heterocycles. The van der Waals surface area contributed by atoms with E-state index < -0.39 is 0 Å². The highest BCUT2D eigenvalue weighted by molar-refractivity contribution is 5.80. The van der Waals surface area contributed by atoms with E-state index in [2.05, 4.69) is 74.7 Å². The first-order valence-corrected chi connectivity index (χ1v) is 13.8. The molecule has 10 heteroatoms. The van der Waals surface area contributed by atoms with E-state index in [0.29, 0.717) is 17.8 Å². The van der Waals surface area contributed by atoms with Crippen molar-refractivity contribution in [3.05, 3.63) is 60.3 Å². The lowest BCUT2D eigenvalue weighted by atomic mass is 9.76. The molecule has 3 heterocycles. The van der Waals surface area contributed by atoms with E-state index in [0.717, 1.165) is 42.9 Å². The van der Waals surface area contributed by atoms with Gasteiger partial charge in [0.15, 0.2) is 5.82 Å². The van der Waals surface area contributed by atoms with Crippen LogP contribution in [0.2, 0.25) is 0 Å². The third-order valence-electron chi connectivity index (χ3n) is 7.70. The van der Waals surface area contributed by atoms with Gasteiger partial charge in [0.1, 0.15) is 5.76 Å². The number of rotatable bonds is 11. The lowest BCUT2D eigenvalue weighted by molar-refractivity contribution is -0.150. The normalized spacial score (nSPS) is 18.0. The quantitative estimate of drug-likeness (QED) is 0.285. The van der Waals surface area contributed by atoms with Crippen LogP contribution in [0, 0.1) is 0 Å². The van der Waals surface area contributed by atoms with E-state index in [-0.39, 0.29) is 28.8 Å². The van der Waals surface area contributed by atoms with Gasteiger partial charge in [-0.2, -0.15) is 5.10 Å². The molecule has 40 heavy (non-hydrogen) atoms. The van der Waals surface area contributed by atoms with E-state index >= 15 is 0 Å². The maximum absolute atomic E-state index is 13.5. The number of nitrogens with zero attached hydrogens (tertiary/aromatic N) is 6. The zero-order valence-corrected chi connectivity index (χ0v) is 25.3. The Morgan fingerprint density at radius 2 is 1.90 bits per heavy atom. The number of carbonyl (C=O) groups is 1. The van der Waals surface area contributed by atoms with Crippen molar-refractivity contribution in [1.82, 2.24) is 35.5 Å². The van der Waals surface area contributed by atoms with E-state index in [1.165, 1.54) is 0 Å². The topological polar surface area (TPSA) is 114 Å². The molecule has 0 atom stereocenters. The van der Waals surface area contributed by atoms with Gasteiger partial charge in [-0.1, -0.05) is 12.7 Å². The maximum atomic E-state index is 13.5. The number of hydrogen-bond donors (Lipinski definition) is 3. The van der Waals surface area contributed by atoms with Crippen molar-refractivity contribution in [2.45, 2.75) is 64.6 Å². The summed E-state index contributed by atoms with van der Waals surface area (Å²) >= 11 is 0. The fourth-order valence-electron chi connectivity index (χ4n) is 5.88. The van der Waals surface area contributed by atoms with Gasteiger partial charge in [0.25, 0.3) is 0 Å². The van der Waals surface area contributed by atoms with Crippen LogP contribution in [-0.2, 0) is 4.79 Å². The maximum Gasteiger partial charge on any atom is 0.237 e. The van der Waals surface area contributed by atoms with Crippen LogP contribution < -0.4 is 10.2 Å². The molecular weight excluding hydrogens is 504 g/mol. The lowest BCUT2D eigenvalue weighted by Crippen LogP contribution is -2.67. The van der Waals surface area contributed by atoms with E-state index in [4.69, 9.17) is 0 Å². The summed E-state index contributed by atoms with van der Waals surface area (Å²) in [6.07, 6.45) is 8.32. The SMILES string of the molecule is C=C/C(=C(O)\C=C(/C)c1cn[nH]c1)c1ccc(N(C)C2CC(C)(C)N(C(=O)CN(C)CCNC)C(C)(C)C2)nn1. The number of nitrogens with one attached hydrogen (secondary N) is 2. The summed E-state index contributed by atoms with van der Waals surface area (Å²) in [5.41, 5.74) is 2.10. The van der Waals surface area contributed by atoms with Crippen LogP contribution in [0.4, 0.5) is 5.82 Å². The zero-order chi connectivity index (χ0) is 29.7. The standard InChI is InChI=1S/C30H46N8O2/c1-10-24(26(39)15-21(2)22-18-32-33-19-22)25-11-12-27(35-34-25)37(9)23-16-29(3,4)38(30(5,6)17-23)28(40)20-36(8)14-13-31-7/h10-12,15,18-19,23,31,39H,1,13-14,16-17,20H2,2-9H3,(H,32,33)/b21-15+,26-24-. The Labute approximate surface area is 238 Å². The summed E-state index contributed by atoms with van der Waals surface area (Å²) < 4.78 is 0. The first-order valence-electron chi connectivity index (χ1n) is 13.8. The van der Waals surface area contributed by atoms with Gasteiger partial charge in [-0.15, -0.1) is 10.2 Å². The van der Waals surface area contributed by atoms with Crippen molar-refractivity contribution in [3.63, 3.8) is 0 Å². The Balaban J connectivity index is 1.77. The number of amides is 1. The Hall–Kier alpha value is -3.50. The van der Waals surface area contributed by atoms with Gasteiger partial charge in [-0.25, -0.2) is 0 Å². The molecule has 0 spiro atoms. The molecular formula is C30H46N8O2. The van der Waals surface area contributed by atoms with Gasteiger partial charge in [0.2, 0.25) is 5.91 Å². The number of carbonyl (C=O) groups excluding carboxylic acids is 1. The summed E-state index contributed by atoms with van der Waals surface area (Å²) in [5.74, 6) is 0.945. The van der Waals surface area contributed by atoms with Crippen molar-refractivity contribution < 1.29 is 9.90 Å². The minimum Gasteiger partial charge on any atom is -0.507 e. The molecule has 1 fully saturated rings. The van der Waals surface area contributed by atoms with Crippen LogP contribution in [0.15, 0.2) is 49.0 Å². The molecule has 218 valence electrons. The molecule has 2 aromatic heterocycles. The predicted octanol–water partition coefficient (Wildman–Crippen LogP) is 3.89. The van der Waals surface area contributed by atoms with Gasteiger partial charge in [-0.05, 0) is 85.3 Å². The molecule has 0 unspecified atom stereocenters. The molecule has 10 nitrogen and oxygen atoms in total. The van der Waals surface area contributed by atoms with Crippen LogP contribution in [0.5, 0.6) is 0 Å². The minimum atomic E-state index is -0.335. The summed E-state index contributed by atoms with van der Waals surface area (Å²) in [7, 11) is 5.94. The fourth-order valence-corrected chi connectivity index (χ4v) is 5.88. The largest absolute Gasteiger partial charge is 0.507 e. The number of allylic oxidation sites excluding steroid dienone is 4. The van der Waals surface area contributed by atoms with Gasteiger partial charge >= 0.3 is 0 Å². The summed E-state index contributed by atoms with van der Waals surface area (Å²) in [4.78, 5) is 19.8. The number of aromatic amines is 1. The van der Waals surface area contributed by atoms with Crippen LogP contribution >= 0.6 is 0 Å². The first-order chi connectivity index (χ1) is 18.8. The van der Waals surface area contributed by atoms with E-state index in [9.17, 15) is 9.90 Å². The molecule has 1 aliphatic heterocycles. The molecule has 0 saturated carbocycles. The van der Waals surface area contributed by atoms with Crippen LogP contribution in [0.25, 0.3) is 11.1 Å². The number of likely N-dealkylation sites (N-methyl/N-ethyl adjacent to an activating group) is 2. The minimum absolute atomic E-state index is 0.0567. The lowest BCUT2D eigenvalue weighted by Gasteiger charge is -2.57. The molecule has 0 aromatic carbocycles. The number of hydrogen-bond acceptors (Lipinski definition) is 8. The highest BCUT2D eigenvalue weighted by Crippen LogP contribution is 2.41. The fraction of sp³-hybridized carbons (Fsp3) is 0.533. The van der Waals surface area contributed by atoms with Gasteiger partial charge in [0, 0.05) is 54.6 Å². The molecule has 2 aromatic rings. The Bertz CT molecular complexity index is 1200. The predicted molar refractivity (Wildman–Crippen MR) is 162 cm³/mol. The second-order valence-electron chi connectivity index (χ2n) is 12.0. The highest BCUT2D eigenvalue weighted by Gasteiger charge is 2.48. The molecule has 0 aliphatic carbocycles. The molecule has 3 N–H and O–H groups in total. The Morgan fingerprint density at radius 3 is 2.42 bits per heavy atom. The summed E-state index contributed by atoms with van der Waals surface area (Å²) in [6.45, 7) is 16.4. The number of likely N-dealkylation sites (tertiary alicyclic amines) is 1. The van der Waals surface area contributed by atoms with Gasteiger partial charge in [-0.3, -0.25) is 14.8 Å². The number of piperidine rings is 1. The van der Waals surface area contributed by atoms with Crippen molar-refractivity contribution in [3.8, 4) is 0 Å². The number of aliphatic hydroxyl groups is 1. The average Bonchev–Trinajstić information content (AvgIpc) is 3.41. The molecule has 1 amide bonds. The van der Waals surface area contributed by atoms with Gasteiger partial charge in [0.05, 0.1) is 18.4 Å². The second-order valence-corrected chi connectivity index (χ2v) is 12.0. The molecule has 1 aliphatic rings. The highest BCUT2D eigenvalue weighted by atomic mass is 16.3. The summed E-state index contributed by atoms with van der Waals surface area (Å²) in [6, 6.07) is 3.93. The Kier molecular flexibility index (Phi) is 9.92. The second kappa shape index (κ2) is 12.8. The zero-order valence-electron chi connectivity index (χ0n) is 25.3. The van der Waals surface area contributed by atoms with Crippen LogP contribution in [0.3, 0.4) is 0 Å². The average molecular weight is 551 g/mol. The van der Waals surface area contributed by atoms with Gasteiger partial charge < -0.3 is 20.2 Å². The third-order valence-corrected chi connectivity index (χ3v) is 7.70. The first kappa shape index (κ1) is 31.0. The van der Waals surface area contributed by atoms with Crippen molar-refractivity contribution in [2.24, 2.45) is 0 Å². The number of anilines is 1. The van der Waals surface area contributed by atoms with Crippen molar-refractivity contribution in [1.29, 1.82) is 0 Å². The van der Waals surface area contributed by atoms with Crippen LogP contribution in [-0.4, -0.2) is 99.1 Å².